The van der Waals surface area contributed by atoms with Gasteiger partial charge in [-0.1, -0.05) is 35.0 Å². The zero-order valence-corrected chi connectivity index (χ0v) is 13.6. The van der Waals surface area contributed by atoms with E-state index in [-0.39, 0.29) is 5.54 Å². The van der Waals surface area contributed by atoms with Gasteiger partial charge in [-0.25, -0.2) is 0 Å². The molecule has 0 aromatic heterocycles. The van der Waals surface area contributed by atoms with Crippen LogP contribution in [0.25, 0.3) is 0 Å². The molecule has 0 radical (unpaired) electrons. The van der Waals surface area contributed by atoms with E-state index in [0.29, 0.717) is 0 Å². The van der Waals surface area contributed by atoms with Crippen LogP contribution in [0, 0.1) is 0 Å². The summed E-state index contributed by atoms with van der Waals surface area (Å²) >= 11 is 3.49. The SMILES string of the molecule is CCCN(C1CC1)C(C)(CN)Cc1ccc(Br)cc1. The minimum Gasteiger partial charge on any atom is -0.329 e. The van der Waals surface area contributed by atoms with E-state index in [9.17, 15) is 0 Å². The fourth-order valence-electron chi connectivity index (χ4n) is 2.85. The lowest BCUT2D eigenvalue weighted by Gasteiger charge is -2.41. The molecule has 1 unspecified atom stereocenters. The highest BCUT2D eigenvalue weighted by Gasteiger charge is 2.39. The molecule has 106 valence electrons. The number of nitrogens with two attached hydrogens (primary N) is 1. The van der Waals surface area contributed by atoms with E-state index in [2.05, 4.69) is 58.9 Å². The lowest BCUT2D eigenvalue weighted by Crippen LogP contribution is -2.54. The average Bonchev–Trinajstić information content (AvgIpc) is 3.23. The molecule has 1 atom stereocenters. The van der Waals surface area contributed by atoms with E-state index < -0.39 is 0 Å². The van der Waals surface area contributed by atoms with Crippen LogP contribution in [0.1, 0.15) is 38.7 Å². The monoisotopic (exact) mass is 324 g/mol. The molecule has 1 aromatic carbocycles. The smallest absolute Gasteiger partial charge is 0.0346 e. The third-order valence-electron chi connectivity index (χ3n) is 4.08. The van der Waals surface area contributed by atoms with Crippen molar-refractivity contribution in [3.8, 4) is 0 Å². The topological polar surface area (TPSA) is 29.3 Å². The van der Waals surface area contributed by atoms with Crippen LogP contribution in [0.5, 0.6) is 0 Å². The Morgan fingerprint density at radius 2 is 1.95 bits per heavy atom. The Labute approximate surface area is 125 Å². The Kier molecular flexibility index (Phi) is 5.04. The Balaban J connectivity index is 2.13. The number of nitrogens with zero attached hydrogens (tertiary/aromatic N) is 1. The molecule has 0 heterocycles. The minimum absolute atomic E-state index is 0.0883. The summed E-state index contributed by atoms with van der Waals surface area (Å²) in [6.45, 7) is 6.46. The molecule has 2 N–H and O–H groups in total. The van der Waals surface area contributed by atoms with Crippen molar-refractivity contribution >= 4 is 15.9 Å². The van der Waals surface area contributed by atoms with Gasteiger partial charge in [-0.2, -0.15) is 0 Å². The Bertz CT molecular complexity index is 400. The maximum absolute atomic E-state index is 6.13. The van der Waals surface area contributed by atoms with Crippen molar-refractivity contribution in [1.29, 1.82) is 0 Å². The number of hydrogen-bond donors (Lipinski definition) is 1. The molecule has 0 bridgehead atoms. The Hall–Kier alpha value is -0.380. The van der Waals surface area contributed by atoms with Crippen LogP contribution in [0.3, 0.4) is 0 Å². The summed E-state index contributed by atoms with van der Waals surface area (Å²) in [6, 6.07) is 9.41. The first-order valence-corrected chi connectivity index (χ1v) is 8.09. The largest absolute Gasteiger partial charge is 0.329 e. The summed E-state index contributed by atoms with van der Waals surface area (Å²) in [5.74, 6) is 0. The van der Waals surface area contributed by atoms with Gasteiger partial charge in [-0.05, 0) is 56.8 Å². The zero-order chi connectivity index (χ0) is 13.9. The first kappa shape index (κ1) is 15.0. The van der Waals surface area contributed by atoms with Gasteiger partial charge in [-0.15, -0.1) is 0 Å². The molecule has 1 fully saturated rings. The standard InChI is InChI=1S/C16H25BrN2/c1-3-10-19(15-8-9-15)16(2,12-18)11-13-4-6-14(17)7-5-13/h4-7,15H,3,8-12,18H2,1-2H3. The van der Waals surface area contributed by atoms with E-state index in [4.69, 9.17) is 5.73 Å². The van der Waals surface area contributed by atoms with Crippen molar-refractivity contribution in [3.05, 3.63) is 34.3 Å². The van der Waals surface area contributed by atoms with Gasteiger partial charge in [0.1, 0.15) is 0 Å². The summed E-state index contributed by atoms with van der Waals surface area (Å²) in [7, 11) is 0. The van der Waals surface area contributed by atoms with Crippen molar-refractivity contribution in [2.45, 2.75) is 51.1 Å². The third kappa shape index (κ3) is 3.80. The van der Waals surface area contributed by atoms with E-state index in [0.717, 1.165) is 30.0 Å². The molecule has 0 saturated heterocycles. The maximum Gasteiger partial charge on any atom is 0.0346 e. The quantitative estimate of drug-likeness (QED) is 0.830. The van der Waals surface area contributed by atoms with Gasteiger partial charge in [0.15, 0.2) is 0 Å². The molecule has 2 nitrogen and oxygen atoms in total. The van der Waals surface area contributed by atoms with Crippen molar-refractivity contribution < 1.29 is 0 Å². The zero-order valence-electron chi connectivity index (χ0n) is 12.0. The van der Waals surface area contributed by atoms with E-state index in [1.165, 1.54) is 24.8 Å². The van der Waals surface area contributed by atoms with Crippen LogP contribution in [-0.4, -0.2) is 29.6 Å². The van der Waals surface area contributed by atoms with Gasteiger partial charge in [0, 0.05) is 22.6 Å². The van der Waals surface area contributed by atoms with Gasteiger partial charge >= 0.3 is 0 Å². The van der Waals surface area contributed by atoms with Crippen LogP contribution in [0.4, 0.5) is 0 Å². The highest BCUT2D eigenvalue weighted by Crippen LogP contribution is 2.34. The fraction of sp³-hybridized carbons (Fsp3) is 0.625. The molecule has 2 rings (SSSR count). The predicted octanol–water partition coefficient (Wildman–Crippen LogP) is 3.58. The summed E-state index contributed by atoms with van der Waals surface area (Å²) in [5.41, 5.74) is 7.59. The number of rotatable bonds is 7. The summed E-state index contributed by atoms with van der Waals surface area (Å²) in [5, 5.41) is 0. The molecular weight excluding hydrogens is 300 g/mol. The molecule has 3 heteroatoms. The van der Waals surface area contributed by atoms with Crippen LogP contribution >= 0.6 is 15.9 Å². The summed E-state index contributed by atoms with van der Waals surface area (Å²) < 4.78 is 1.14. The highest BCUT2D eigenvalue weighted by molar-refractivity contribution is 9.10. The molecule has 1 saturated carbocycles. The first-order chi connectivity index (χ1) is 9.09. The number of benzene rings is 1. The summed E-state index contributed by atoms with van der Waals surface area (Å²) in [4.78, 5) is 2.65. The first-order valence-electron chi connectivity index (χ1n) is 7.30. The molecule has 0 spiro atoms. The van der Waals surface area contributed by atoms with E-state index in [1.807, 2.05) is 0 Å². The number of halogens is 1. The van der Waals surface area contributed by atoms with Crippen LogP contribution < -0.4 is 5.73 Å². The average molecular weight is 325 g/mol. The van der Waals surface area contributed by atoms with E-state index >= 15 is 0 Å². The van der Waals surface area contributed by atoms with Crippen molar-refractivity contribution in [2.75, 3.05) is 13.1 Å². The van der Waals surface area contributed by atoms with Crippen LogP contribution in [0.2, 0.25) is 0 Å². The second-order valence-electron chi connectivity index (χ2n) is 5.93. The fourth-order valence-corrected chi connectivity index (χ4v) is 3.12. The highest BCUT2D eigenvalue weighted by atomic mass is 79.9. The van der Waals surface area contributed by atoms with Gasteiger partial charge < -0.3 is 5.73 Å². The Morgan fingerprint density at radius 1 is 1.32 bits per heavy atom. The van der Waals surface area contributed by atoms with Crippen molar-refractivity contribution in [3.63, 3.8) is 0 Å². The maximum atomic E-state index is 6.13. The Morgan fingerprint density at radius 3 is 2.42 bits per heavy atom. The molecule has 1 aliphatic carbocycles. The molecule has 0 amide bonds. The second-order valence-corrected chi connectivity index (χ2v) is 6.84. The minimum atomic E-state index is 0.0883. The molecular formula is C16H25BrN2. The predicted molar refractivity (Wildman–Crippen MR) is 85.3 cm³/mol. The van der Waals surface area contributed by atoms with Gasteiger partial charge in [0.25, 0.3) is 0 Å². The molecule has 1 aliphatic rings. The van der Waals surface area contributed by atoms with Crippen molar-refractivity contribution in [1.82, 2.24) is 4.90 Å². The van der Waals surface area contributed by atoms with Crippen molar-refractivity contribution in [2.24, 2.45) is 5.73 Å². The van der Waals surface area contributed by atoms with Gasteiger partial charge in [0.05, 0.1) is 0 Å². The number of hydrogen-bond acceptors (Lipinski definition) is 2. The van der Waals surface area contributed by atoms with Crippen LogP contribution in [0.15, 0.2) is 28.7 Å². The lowest BCUT2D eigenvalue weighted by atomic mass is 9.90. The van der Waals surface area contributed by atoms with Crippen LogP contribution in [-0.2, 0) is 6.42 Å². The van der Waals surface area contributed by atoms with Gasteiger partial charge in [0.2, 0.25) is 0 Å². The van der Waals surface area contributed by atoms with Gasteiger partial charge in [-0.3, -0.25) is 4.90 Å². The molecule has 1 aromatic rings. The molecule has 0 aliphatic heterocycles. The summed E-state index contributed by atoms with van der Waals surface area (Å²) in [6.07, 6.45) is 4.92. The lowest BCUT2D eigenvalue weighted by molar-refractivity contribution is 0.100. The third-order valence-corrected chi connectivity index (χ3v) is 4.61. The van der Waals surface area contributed by atoms with E-state index in [1.54, 1.807) is 0 Å². The molecule has 19 heavy (non-hydrogen) atoms. The second kappa shape index (κ2) is 6.38. The normalized spacial score (nSPS) is 18.6.